The van der Waals surface area contributed by atoms with Gasteiger partial charge in [-0.05, 0) is 37.1 Å². The quantitative estimate of drug-likeness (QED) is 0.467. The van der Waals surface area contributed by atoms with E-state index in [-0.39, 0.29) is 18.1 Å². The highest BCUT2D eigenvalue weighted by atomic mass is 32.2. The minimum Gasteiger partial charge on any atom is -0.484 e. The normalized spacial score (nSPS) is 10.6. The predicted molar refractivity (Wildman–Crippen MR) is 96.0 cm³/mol. The van der Waals surface area contributed by atoms with E-state index in [1.807, 2.05) is 43.3 Å². The Labute approximate surface area is 150 Å². The molecule has 0 aliphatic rings. The lowest BCUT2D eigenvalue weighted by Crippen LogP contribution is -2.01. The summed E-state index contributed by atoms with van der Waals surface area (Å²) >= 11 is 1.22. The molecule has 1 aromatic heterocycles. The average Bonchev–Trinajstić information content (AvgIpc) is 3.09. The lowest BCUT2D eigenvalue weighted by molar-refractivity contribution is 0.102. The van der Waals surface area contributed by atoms with Crippen molar-refractivity contribution in [1.82, 2.24) is 10.2 Å². The van der Waals surface area contributed by atoms with Crippen molar-refractivity contribution in [1.29, 1.82) is 0 Å². The van der Waals surface area contributed by atoms with Crippen LogP contribution in [0.2, 0.25) is 0 Å². The van der Waals surface area contributed by atoms with Crippen LogP contribution in [0.25, 0.3) is 0 Å². The fourth-order valence-electron chi connectivity index (χ4n) is 2.14. The first-order valence-corrected chi connectivity index (χ1v) is 8.84. The van der Waals surface area contributed by atoms with Crippen molar-refractivity contribution in [3.05, 3.63) is 71.1 Å². The summed E-state index contributed by atoms with van der Waals surface area (Å²) < 4.78 is 11.2. The van der Waals surface area contributed by atoms with Crippen LogP contribution in [0.1, 0.15) is 27.4 Å². The molecule has 128 valence electrons. The Hall–Kier alpha value is -2.60. The van der Waals surface area contributed by atoms with Crippen molar-refractivity contribution in [2.75, 3.05) is 5.75 Å². The molecular formula is C19H18N2O3S. The lowest BCUT2D eigenvalue weighted by atomic mass is 10.1. The molecule has 0 amide bonds. The number of ketones is 1. The number of benzene rings is 2. The second-order valence-corrected chi connectivity index (χ2v) is 6.50. The van der Waals surface area contributed by atoms with Crippen LogP contribution >= 0.6 is 11.8 Å². The molecule has 25 heavy (non-hydrogen) atoms. The maximum atomic E-state index is 12.1. The number of aryl methyl sites for hydroxylation is 2. The first kappa shape index (κ1) is 17.2. The third-order valence-electron chi connectivity index (χ3n) is 3.71. The summed E-state index contributed by atoms with van der Waals surface area (Å²) in [5.41, 5.74) is 3.05. The van der Waals surface area contributed by atoms with Gasteiger partial charge in [-0.2, -0.15) is 0 Å². The van der Waals surface area contributed by atoms with Gasteiger partial charge in [-0.3, -0.25) is 4.79 Å². The SMILES string of the molecule is Cc1ccc(OCc2nnc(SCC(=O)c3ccccc3)o2)cc1C. The molecule has 0 spiro atoms. The van der Waals surface area contributed by atoms with Crippen molar-refractivity contribution >= 4 is 17.5 Å². The van der Waals surface area contributed by atoms with Gasteiger partial charge < -0.3 is 9.15 Å². The molecule has 6 heteroatoms. The van der Waals surface area contributed by atoms with Crippen LogP contribution in [-0.2, 0) is 6.61 Å². The number of carbonyl (C=O) groups is 1. The molecule has 0 bridgehead atoms. The number of Topliss-reactive ketones (excluding diaryl/α,β-unsaturated/α-hetero) is 1. The summed E-state index contributed by atoms with van der Waals surface area (Å²) in [4.78, 5) is 12.1. The van der Waals surface area contributed by atoms with Gasteiger partial charge in [0, 0.05) is 5.56 Å². The molecule has 0 saturated heterocycles. The van der Waals surface area contributed by atoms with Gasteiger partial charge in [-0.15, -0.1) is 10.2 Å². The summed E-state index contributed by atoms with van der Waals surface area (Å²) in [6, 6.07) is 15.0. The fourth-order valence-corrected chi connectivity index (χ4v) is 2.81. The van der Waals surface area contributed by atoms with Crippen LogP contribution in [0.5, 0.6) is 5.75 Å². The van der Waals surface area contributed by atoms with Gasteiger partial charge in [-0.1, -0.05) is 48.2 Å². The molecule has 0 N–H and O–H groups in total. The van der Waals surface area contributed by atoms with Gasteiger partial charge in [0.25, 0.3) is 11.1 Å². The number of nitrogens with zero attached hydrogens (tertiary/aromatic N) is 2. The van der Waals surface area contributed by atoms with Crippen molar-refractivity contribution in [3.8, 4) is 5.75 Å². The van der Waals surface area contributed by atoms with E-state index in [4.69, 9.17) is 9.15 Å². The monoisotopic (exact) mass is 354 g/mol. The number of carbonyl (C=O) groups excluding carboxylic acids is 1. The first-order valence-electron chi connectivity index (χ1n) is 7.85. The number of thioether (sulfide) groups is 1. The van der Waals surface area contributed by atoms with Crippen LogP contribution in [-0.4, -0.2) is 21.7 Å². The number of ether oxygens (including phenoxy) is 1. The zero-order chi connectivity index (χ0) is 17.6. The highest BCUT2D eigenvalue weighted by Crippen LogP contribution is 2.20. The topological polar surface area (TPSA) is 65.2 Å². The first-order chi connectivity index (χ1) is 12.1. The third-order valence-corrected chi connectivity index (χ3v) is 4.53. The Morgan fingerprint density at radius 1 is 1.08 bits per heavy atom. The van der Waals surface area contributed by atoms with Crippen LogP contribution in [0.15, 0.2) is 58.2 Å². The van der Waals surface area contributed by atoms with Gasteiger partial charge in [0.2, 0.25) is 0 Å². The minimum absolute atomic E-state index is 0.0248. The number of aromatic nitrogens is 2. The molecule has 3 aromatic rings. The Morgan fingerprint density at radius 2 is 1.88 bits per heavy atom. The van der Waals surface area contributed by atoms with E-state index >= 15 is 0 Å². The zero-order valence-electron chi connectivity index (χ0n) is 14.1. The van der Waals surface area contributed by atoms with Gasteiger partial charge in [0.15, 0.2) is 12.4 Å². The van der Waals surface area contributed by atoms with Gasteiger partial charge in [0.05, 0.1) is 5.75 Å². The Balaban J connectivity index is 1.52. The number of rotatable bonds is 7. The largest absolute Gasteiger partial charge is 0.484 e. The molecule has 0 unspecified atom stereocenters. The van der Waals surface area contributed by atoms with E-state index in [0.717, 1.165) is 5.75 Å². The van der Waals surface area contributed by atoms with E-state index in [9.17, 15) is 4.79 Å². The summed E-state index contributed by atoms with van der Waals surface area (Å²) in [6.07, 6.45) is 0. The standard InChI is InChI=1S/C19H18N2O3S/c1-13-8-9-16(10-14(13)2)23-11-18-20-21-19(24-18)25-12-17(22)15-6-4-3-5-7-15/h3-10H,11-12H2,1-2H3. The Morgan fingerprint density at radius 3 is 2.64 bits per heavy atom. The summed E-state index contributed by atoms with van der Waals surface area (Å²) in [7, 11) is 0. The van der Waals surface area contributed by atoms with Crippen molar-refractivity contribution < 1.29 is 13.9 Å². The van der Waals surface area contributed by atoms with Crippen molar-refractivity contribution in [2.24, 2.45) is 0 Å². The summed E-state index contributed by atoms with van der Waals surface area (Å²) in [5, 5.41) is 8.25. The average molecular weight is 354 g/mol. The smallest absolute Gasteiger partial charge is 0.277 e. The Kier molecular flexibility index (Phi) is 5.50. The molecule has 0 saturated carbocycles. The van der Waals surface area contributed by atoms with Crippen LogP contribution in [0, 0.1) is 13.8 Å². The maximum absolute atomic E-state index is 12.1. The van der Waals surface area contributed by atoms with Gasteiger partial charge >= 0.3 is 0 Å². The second kappa shape index (κ2) is 7.98. The van der Waals surface area contributed by atoms with Crippen LogP contribution in [0.3, 0.4) is 0 Å². The maximum Gasteiger partial charge on any atom is 0.277 e. The lowest BCUT2D eigenvalue weighted by Gasteiger charge is -2.05. The fraction of sp³-hybridized carbons (Fsp3) is 0.211. The molecular weight excluding hydrogens is 336 g/mol. The molecule has 0 aliphatic heterocycles. The van der Waals surface area contributed by atoms with Gasteiger partial charge in [0.1, 0.15) is 5.75 Å². The van der Waals surface area contributed by atoms with Gasteiger partial charge in [-0.25, -0.2) is 0 Å². The molecule has 0 atom stereocenters. The highest BCUT2D eigenvalue weighted by Gasteiger charge is 2.11. The molecule has 1 heterocycles. The summed E-state index contributed by atoms with van der Waals surface area (Å²) in [6.45, 7) is 4.29. The third kappa shape index (κ3) is 4.70. The van der Waals surface area contributed by atoms with Crippen LogP contribution in [0.4, 0.5) is 0 Å². The number of hydrogen-bond acceptors (Lipinski definition) is 6. The van der Waals surface area contributed by atoms with E-state index in [0.29, 0.717) is 16.7 Å². The molecule has 2 aromatic carbocycles. The number of hydrogen-bond donors (Lipinski definition) is 0. The minimum atomic E-state index is 0.0248. The van der Waals surface area contributed by atoms with E-state index in [1.54, 1.807) is 12.1 Å². The van der Waals surface area contributed by atoms with Crippen molar-refractivity contribution in [2.45, 2.75) is 25.7 Å². The van der Waals surface area contributed by atoms with E-state index < -0.39 is 0 Å². The predicted octanol–water partition coefficient (Wildman–Crippen LogP) is 4.24. The molecule has 0 aliphatic carbocycles. The van der Waals surface area contributed by atoms with E-state index in [2.05, 4.69) is 17.1 Å². The highest BCUT2D eigenvalue weighted by molar-refractivity contribution is 7.99. The summed E-state index contributed by atoms with van der Waals surface area (Å²) in [5.74, 6) is 1.42. The molecule has 3 rings (SSSR count). The molecule has 0 radical (unpaired) electrons. The molecule has 5 nitrogen and oxygen atoms in total. The zero-order valence-corrected chi connectivity index (χ0v) is 14.9. The second-order valence-electron chi connectivity index (χ2n) is 5.57. The van der Waals surface area contributed by atoms with E-state index in [1.165, 1.54) is 22.9 Å². The molecule has 0 fully saturated rings. The Bertz CT molecular complexity index is 862. The van der Waals surface area contributed by atoms with Crippen LogP contribution < -0.4 is 4.74 Å². The van der Waals surface area contributed by atoms with Crippen molar-refractivity contribution in [3.63, 3.8) is 0 Å².